The minimum Gasteiger partial charge on any atom is -0.360 e. The van der Waals surface area contributed by atoms with E-state index in [2.05, 4.69) is 51.7 Å². The van der Waals surface area contributed by atoms with Gasteiger partial charge in [0.15, 0.2) is 0 Å². The number of amides is 1. The molecule has 0 radical (unpaired) electrons. The second-order valence-electron chi connectivity index (χ2n) is 7.11. The number of fused-ring (bicyclic) bond motifs is 2. The summed E-state index contributed by atoms with van der Waals surface area (Å²) in [5, 5.41) is 4.19. The van der Waals surface area contributed by atoms with Crippen LogP contribution in [-0.4, -0.2) is 33.9 Å². The lowest BCUT2D eigenvalue weighted by molar-refractivity contribution is -0.130. The van der Waals surface area contributed by atoms with Gasteiger partial charge in [0, 0.05) is 18.0 Å². The summed E-state index contributed by atoms with van der Waals surface area (Å²) in [6, 6.07) is 20.7. The largest absolute Gasteiger partial charge is 0.360 e. The van der Waals surface area contributed by atoms with E-state index in [0.717, 1.165) is 33.6 Å². The van der Waals surface area contributed by atoms with Gasteiger partial charge in [0.2, 0.25) is 5.91 Å². The third-order valence-electron chi connectivity index (χ3n) is 5.28. The molecule has 5 nitrogen and oxygen atoms in total. The van der Waals surface area contributed by atoms with Crippen LogP contribution in [0.4, 0.5) is 5.82 Å². The van der Waals surface area contributed by atoms with Crippen molar-refractivity contribution >= 4 is 33.3 Å². The lowest BCUT2D eigenvalue weighted by Crippen LogP contribution is -2.39. The number of carbonyl (C=O) groups is 1. The number of thiophene rings is 1. The van der Waals surface area contributed by atoms with Crippen LogP contribution in [0.25, 0.3) is 20.7 Å². The van der Waals surface area contributed by atoms with Gasteiger partial charge in [-0.15, -0.1) is 11.3 Å². The summed E-state index contributed by atoms with van der Waals surface area (Å²) in [5.41, 5.74) is 3.74. The molecule has 0 saturated carbocycles. The highest BCUT2D eigenvalue weighted by Crippen LogP contribution is 2.34. The highest BCUT2D eigenvalue weighted by Gasteiger charge is 2.20. The molecule has 5 rings (SSSR count). The topological polar surface area (TPSA) is 58.1 Å². The molecule has 1 aliphatic heterocycles. The first-order valence-electron chi connectivity index (χ1n) is 9.66. The van der Waals surface area contributed by atoms with E-state index in [1.165, 1.54) is 11.1 Å². The molecule has 4 aromatic rings. The smallest absolute Gasteiger partial charge is 0.242 e. The zero-order valence-corrected chi connectivity index (χ0v) is 16.7. The van der Waals surface area contributed by atoms with E-state index < -0.39 is 0 Å². The molecule has 0 fully saturated rings. The van der Waals surface area contributed by atoms with Gasteiger partial charge in [-0.2, -0.15) is 0 Å². The molecule has 0 unspecified atom stereocenters. The molecule has 3 heterocycles. The van der Waals surface area contributed by atoms with Crippen LogP contribution in [0.5, 0.6) is 0 Å². The molecular formula is C23H20N4OS. The van der Waals surface area contributed by atoms with Gasteiger partial charge >= 0.3 is 0 Å². The minimum absolute atomic E-state index is 0.0878. The highest BCUT2D eigenvalue weighted by molar-refractivity contribution is 7.21. The fourth-order valence-electron chi connectivity index (χ4n) is 3.72. The van der Waals surface area contributed by atoms with E-state index in [-0.39, 0.29) is 12.5 Å². The van der Waals surface area contributed by atoms with Gasteiger partial charge < -0.3 is 10.2 Å². The van der Waals surface area contributed by atoms with Crippen LogP contribution < -0.4 is 5.32 Å². The maximum absolute atomic E-state index is 12.8. The monoisotopic (exact) mass is 400 g/mol. The average molecular weight is 401 g/mol. The number of hydrogen-bond donors (Lipinski definition) is 1. The fourth-order valence-corrected chi connectivity index (χ4v) is 4.73. The van der Waals surface area contributed by atoms with Crippen molar-refractivity contribution < 1.29 is 4.79 Å². The fraction of sp³-hybridized carbons (Fsp3) is 0.174. The summed E-state index contributed by atoms with van der Waals surface area (Å²) >= 11 is 1.63. The lowest BCUT2D eigenvalue weighted by atomic mass is 10.00. The number of nitrogens with zero attached hydrogens (tertiary/aromatic N) is 3. The SMILES string of the molecule is O=C(CNc1ncnc2sc(-c3ccccc3)cc12)N1CCc2ccccc2C1. The van der Waals surface area contributed by atoms with E-state index in [9.17, 15) is 4.79 Å². The summed E-state index contributed by atoms with van der Waals surface area (Å²) in [6.07, 6.45) is 2.46. The van der Waals surface area contributed by atoms with Gasteiger partial charge in [0.05, 0.1) is 11.9 Å². The van der Waals surface area contributed by atoms with E-state index in [1.54, 1.807) is 17.7 Å². The van der Waals surface area contributed by atoms with Crippen molar-refractivity contribution in [1.82, 2.24) is 14.9 Å². The molecule has 29 heavy (non-hydrogen) atoms. The van der Waals surface area contributed by atoms with Crippen LogP contribution in [0.2, 0.25) is 0 Å². The van der Waals surface area contributed by atoms with Crippen LogP contribution in [0, 0.1) is 0 Å². The Kier molecular flexibility index (Phi) is 4.69. The van der Waals surface area contributed by atoms with Crippen LogP contribution in [0.15, 0.2) is 67.0 Å². The van der Waals surface area contributed by atoms with Gasteiger partial charge in [-0.3, -0.25) is 4.79 Å². The van der Waals surface area contributed by atoms with Crippen molar-refractivity contribution in [2.45, 2.75) is 13.0 Å². The molecule has 1 N–H and O–H groups in total. The average Bonchev–Trinajstić information content (AvgIpc) is 3.23. The number of benzene rings is 2. The van der Waals surface area contributed by atoms with Crippen molar-refractivity contribution in [2.24, 2.45) is 0 Å². The number of aromatic nitrogens is 2. The summed E-state index contributed by atoms with van der Waals surface area (Å²) < 4.78 is 0. The zero-order valence-electron chi connectivity index (χ0n) is 15.8. The highest BCUT2D eigenvalue weighted by atomic mass is 32.1. The predicted molar refractivity (Wildman–Crippen MR) is 117 cm³/mol. The first-order valence-corrected chi connectivity index (χ1v) is 10.5. The van der Waals surface area contributed by atoms with Crippen molar-refractivity contribution in [3.8, 4) is 10.4 Å². The summed E-state index contributed by atoms with van der Waals surface area (Å²) in [4.78, 5) is 25.5. The molecule has 0 atom stereocenters. The van der Waals surface area contributed by atoms with Gasteiger partial charge in [-0.25, -0.2) is 9.97 Å². The molecule has 1 aliphatic rings. The van der Waals surface area contributed by atoms with Crippen LogP contribution >= 0.6 is 11.3 Å². The van der Waals surface area contributed by atoms with Gasteiger partial charge in [0.25, 0.3) is 0 Å². The number of carbonyl (C=O) groups excluding carboxylic acids is 1. The third kappa shape index (κ3) is 3.59. The van der Waals surface area contributed by atoms with Crippen molar-refractivity contribution in [3.63, 3.8) is 0 Å². The number of anilines is 1. The number of rotatable bonds is 4. The van der Waals surface area contributed by atoms with Crippen LogP contribution in [-0.2, 0) is 17.8 Å². The molecule has 1 amide bonds. The molecule has 0 saturated heterocycles. The first kappa shape index (κ1) is 17.8. The summed E-state index contributed by atoms with van der Waals surface area (Å²) in [7, 11) is 0. The number of hydrogen-bond acceptors (Lipinski definition) is 5. The Balaban J connectivity index is 1.32. The molecule has 2 aromatic heterocycles. The Morgan fingerprint density at radius 1 is 1.03 bits per heavy atom. The number of nitrogens with one attached hydrogen (secondary N) is 1. The molecule has 0 bridgehead atoms. The Hall–Kier alpha value is -3.25. The second kappa shape index (κ2) is 7.64. The Morgan fingerprint density at radius 2 is 1.83 bits per heavy atom. The van der Waals surface area contributed by atoms with Crippen LogP contribution in [0.3, 0.4) is 0 Å². The first-order chi connectivity index (χ1) is 14.3. The molecule has 144 valence electrons. The molecular weight excluding hydrogens is 380 g/mol. The minimum atomic E-state index is 0.0878. The van der Waals surface area contributed by atoms with Crippen molar-refractivity contribution in [1.29, 1.82) is 0 Å². The molecule has 0 spiro atoms. The second-order valence-corrected chi connectivity index (χ2v) is 8.14. The van der Waals surface area contributed by atoms with Crippen LogP contribution in [0.1, 0.15) is 11.1 Å². The van der Waals surface area contributed by atoms with Gasteiger partial charge in [-0.1, -0.05) is 54.6 Å². The third-order valence-corrected chi connectivity index (χ3v) is 6.37. The van der Waals surface area contributed by atoms with E-state index in [1.807, 2.05) is 29.2 Å². The van der Waals surface area contributed by atoms with E-state index >= 15 is 0 Å². The lowest BCUT2D eigenvalue weighted by Gasteiger charge is -2.29. The quantitative estimate of drug-likeness (QED) is 0.553. The molecule has 2 aromatic carbocycles. The Bertz CT molecular complexity index is 1170. The Labute approximate surface area is 173 Å². The summed E-state index contributed by atoms with van der Waals surface area (Å²) in [6.45, 7) is 1.66. The maximum Gasteiger partial charge on any atom is 0.242 e. The predicted octanol–water partition coefficient (Wildman–Crippen LogP) is 4.36. The zero-order chi connectivity index (χ0) is 19.6. The molecule has 0 aliphatic carbocycles. The summed E-state index contributed by atoms with van der Waals surface area (Å²) in [5.74, 6) is 0.795. The van der Waals surface area contributed by atoms with Crippen molar-refractivity contribution in [3.05, 3.63) is 78.1 Å². The van der Waals surface area contributed by atoms with Gasteiger partial charge in [0.1, 0.15) is 17.0 Å². The Morgan fingerprint density at radius 3 is 2.69 bits per heavy atom. The normalized spacial score (nSPS) is 13.3. The standard InChI is InChI=1S/C23H20N4OS/c28-21(27-11-10-16-6-4-5-9-18(16)14-27)13-24-22-19-12-20(17-7-2-1-3-8-17)29-23(19)26-15-25-22/h1-9,12,15H,10-11,13-14H2,(H,24,25,26). The maximum atomic E-state index is 12.8. The van der Waals surface area contributed by atoms with Gasteiger partial charge in [-0.05, 0) is 29.2 Å². The van der Waals surface area contributed by atoms with E-state index in [4.69, 9.17) is 0 Å². The van der Waals surface area contributed by atoms with Crippen molar-refractivity contribution in [2.75, 3.05) is 18.4 Å². The van der Waals surface area contributed by atoms with E-state index in [0.29, 0.717) is 12.4 Å². The molecule has 6 heteroatoms.